The molecule has 0 atom stereocenters. The van der Waals surface area contributed by atoms with Crippen molar-refractivity contribution in [2.75, 3.05) is 13.1 Å². The van der Waals surface area contributed by atoms with Gasteiger partial charge in [0.15, 0.2) is 0 Å². The molecule has 2 N–H and O–H groups in total. The molecule has 0 aliphatic carbocycles. The van der Waals surface area contributed by atoms with Gasteiger partial charge >= 0.3 is 6.09 Å². The molecule has 1 aliphatic heterocycles. The maximum absolute atomic E-state index is 12.8. The number of nitrogens with one attached hydrogen (secondary N) is 2. The van der Waals surface area contributed by atoms with Gasteiger partial charge in [-0.2, -0.15) is 0 Å². The van der Waals surface area contributed by atoms with Gasteiger partial charge in [0.05, 0.1) is 6.04 Å². The van der Waals surface area contributed by atoms with E-state index in [1.54, 1.807) is 11.1 Å². The minimum atomic E-state index is -0.539. The molecule has 0 radical (unpaired) electrons. The second-order valence-electron chi connectivity index (χ2n) is 8.28. The fourth-order valence-electron chi connectivity index (χ4n) is 3.34. The first-order valence-electron chi connectivity index (χ1n) is 9.60. The third-order valence-corrected chi connectivity index (χ3v) is 4.74. The number of benzene rings is 1. The molecule has 7 nitrogen and oxygen atoms in total. The number of ether oxygens (including phenoxy) is 1. The maximum atomic E-state index is 12.8. The zero-order valence-corrected chi connectivity index (χ0v) is 16.7. The fraction of sp³-hybridized carbons (Fsp3) is 0.318. The van der Waals surface area contributed by atoms with E-state index in [9.17, 15) is 9.59 Å². The van der Waals surface area contributed by atoms with Crippen LogP contribution < -0.4 is 5.32 Å². The lowest BCUT2D eigenvalue weighted by molar-refractivity contribution is 0.0357. The molecule has 29 heavy (non-hydrogen) atoms. The second-order valence-corrected chi connectivity index (χ2v) is 8.28. The van der Waals surface area contributed by atoms with Crippen molar-refractivity contribution in [3.63, 3.8) is 0 Å². The third kappa shape index (κ3) is 4.23. The summed E-state index contributed by atoms with van der Waals surface area (Å²) in [5.74, 6) is -0.0774. The molecular formula is C22H24N4O3. The molecule has 4 rings (SSSR count). The van der Waals surface area contributed by atoms with Crippen LogP contribution in [-0.2, 0) is 4.74 Å². The summed E-state index contributed by atoms with van der Waals surface area (Å²) < 4.78 is 5.25. The summed E-state index contributed by atoms with van der Waals surface area (Å²) in [5.41, 5.74) is 2.99. The van der Waals surface area contributed by atoms with Gasteiger partial charge in [-0.15, -0.1) is 0 Å². The topological polar surface area (TPSA) is 87.3 Å². The highest BCUT2D eigenvalue weighted by atomic mass is 16.6. The molecule has 150 valence electrons. The SMILES string of the molecule is CC(C)(C)OC(=O)NC1CN(C(=O)c2cc3cc(-c4cccnc4)ccc3[nH]2)C1. The number of hydrogen-bond acceptors (Lipinski definition) is 4. The number of aromatic amines is 1. The summed E-state index contributed by atoms with van der Waals surface area (Å²) in [7, 11) is 0. The van der Waals surface area contributed by atoms with E-state index in [4.69, 9.17) is 4.74 Å². The Balaban J connectivity index is 1.40. The lowest BCUT2D eigenvalue weighted by Crippen LogP contribution is -2.61. The zero-order valence-electron chi connectivity index (χ0n) is 16.7. The number of aromatic nitrogens is 2. The number of nitrogens with zero attached hydrogens (tertiary/aromatic N) is 2. The quantitative estimate of drug-likeness (QED) is 0.713. The number of hydrogen-bond donors (Lipinski definition) is 2. The average Bonchev–Trinajstić information content (AvgIpc) is 3.06. The predicted octanol–water partition coefficient (Wildman–Crippen LogP) is 3.58. The van der Waals surface area contributed by atoms with E-state index in [0.717, 1.165) is 22.0 Å². The Morgan fingerprint density at radius 3 is 2.66 bits per heavy atom. The van der Waals surface area contributed by atoms with Gasteiger partial charge in [-0.1, -0.05) is 12.1 Å². The number of pyridine rings is 1. The Hall–Kier alpha value is -3.35. The molecule has 1 fully saturated rings. The van der Waals surface area contributed by atoms with E-state index in [0.29, 0.717) is 18.8 Å². The van der Waals surface area contributed by atoms with Gasteiger partial charge in [0.1, 0.15) is 11.3 Å². The monoisotopic (exact) mass is 392 g/mol. The van der Waals surface area contributed by atoms with Crippen LogP contribution in [0.3, 0.4) is 0 Å². The standard InChI is InChI=1S/C22H24N4O3/c1-22(2,3)29-21(28)24-17-12-26(13-17)20(27)19-10-16-9-14(6-7-18(16)25-19)15-5-4-8-23-11-15/h4-11,17,25H,12-13H2,1-3H3,(H,24,28). The second kappa shape index (κ2) is 7.24. The van der Waals surface area contributed by atoms with Crippen LogP contribution in [0, 0.1) is 0 Å². The van der Waals surface area contributed by atoms with Gasteiger partial charge in [-0.25, -0.2) is 4.79 Å². The Morgan fingerprint density at radius 1 is 1.17 bits per heavy atom. The first kappa shape index (κ1) is 19.0. The minimum Gasteiger partial charge on any atom is -0.444 e. The zero-order chi connectivity index (χ0) is 20.6. The average molecular weight is 392 g/mol. The first-order chi connectivity index (χ1) is 13.8. The van der Waals surface area contributed by atoms with Crippen LogP contribution in [0.1, 0.15) is 31.3 Å². The maximum Gasteiger partial charge on any atom is 0.407 e. The Morgan fingerprint density at radius 2 is 1.97 bits per heavy atom. The summed E-state index contributed by atoms with van der Waals surface area (Å²) in [6.45, 7) is 6.39. The highest BCUT2D eigenvalue weighted by Crippen LogP contribution is 2.25. The van der Waals surface area contributed by atoms with Crippen LogP contribution >= 0.6 is 0 Å². The van der Waals surface area contributed by atoms with Crippen molar-refractivity contribution in [2.24, 2.45) is 0 Å². The van der Waals surface area contributed by atoms with Crippen molar-refractivity contribution < 1.29 is 14.3 Å². The van der Waals surface area contributed by atoms with E-state index in [-0.39, 0.29) is 11.9 Å². The molecule has 3 aromatic rings. The van der Waals surface area contributed by atoms with Crippen molar-refractivity contribution in [1.82, 2.24) is 20.2 Å². The van der Waals surface area contributed by atoms with Crippen LogP contribution in [0.2, 0.25) is 0 Å². The van der Waals surface area contributed by atoms with Gasteiger partial charge < -0.3 is 19.9 Å². The normalized spacial score (nSPS) is 14.5. The molecule has 3 heterocycles. The van der Waals surface area contributed by atoms with Gasteiger partial charge in [0.2, 0.25) is 0 Å². The molecule has 1 aromatic carbocycles. The summed E-state index contributed by atoms with van der Waals surface area (Å²) in [4.78, 5) is 33.6. The lowest BCUT2D eigenvalue weighted by Gasteiger charge is -2.39. The Kier molecular flexibility index (Phi) is 4.74. The molecule has 1 aliphatic rings. The van der Waals surface area contributed by atoms with Gasteiger partial charge in [-0.05, 0) is 50.6 Å². The van der Waals surface area contributed by atoms with Crippen molar-refractivity contribution >= 4 is 22.9 Å². The minimum absolute atomic E-state index is 0.0774. The van der Waals surface area contributed by atoms with Crippen molar-refractivity contribution in [3.8, 4) is 11.1 Å². The third-order valence-electron chi connectivity index (χ3n) is 4.74. The molecule has 0 bridgehead atoms. The lowest BCUT2D eigenvalue weighted by atomic mass is 10.1. The summed E-state index contributed by atoms with van der Waals surface area (Å²) in [6, 6.07) is 11.7. The Bertz CT molecular complexity index is 1050. The highest BCUT2D eigenvalue weighted by Gasteiger charge is 2.33. The van der Waals surface area contributed by atoms with Crippen LogP contribution in [0.25, 0.3) is 22.0 Å². The largest absolute Gasteiger partial charge is 0.444 e. The molecule has 1 saturated heterocycles. The number of fused-ring (bicyclic) bond motifs is 1. The number of rotatable bonds is 3. The van der Waals surface area contributed by atoms with Crippen molar-refractivity contribution in [1.29, 1.82) is 0 Å². The van der Waals surface area contributed by atoms with E-state index < -0.39 is 11.7 Å². The van der Waals surface area contributed by atoms with Crippen molar-refractivity contribution in [2.45, 2.75) is 32.4 Å². The van der Waals surface area contributed by atoms with E-state index >= 15 is 0 Å². The fourth-order valence-corrected chi connectivity index (χ4v) is 3.34. The highest BCUT2D eigenvalue weighted by molar-refractivity contribution is 5.99. The first-order valence-corrected chi connectivity index (χ1v) is 9.60. The van der Waals surface area contributed by atoms with Gasteiger partial charge in [0, 0.05) is 41.9 Å². The van der Waals surface area contributed by atoms with Crippen LogP contribution in [0.4, 0.5) is 4.79 Å². The number of carbonyl (C=O) groups is 2. The van der Waals surface area contributed by atoms with E-state index in [2.05, 4.69) is 15.3 Å². The van der Waals surface area contributed by atoms with Gasteiger partial charge in [-0.3, -0.25) is 9.78 Å². The van der Waals surface area contributed by atoms with E-state index in [1.165, 1.54) is 0 Å². The number of H-pyrrole nitrogens is 1. The summed E-state index contributed by atoms with van der Waals surface area (Å²) in [6.07, 6.45) is 3.10. The molecular weight excluding hydrogens is 368 g/mol. The molecule has 7 heteroatoms. The van der Waals surface area contributed by atoms with Gasteiger partial charge in [0.25, 0.3) is 5.91 Å². The number of likely N-dealkylation sites (tertiary alicyclic amines) is 1. The summed E-state index contributed by atoms with van der Waals surface area (Å²) >= 11 is 0. The number of carbonyl (C=O) groups excluding carboxylic acids is 2. The smallest absolute Gasteiger partial charge is 0.407 e. The Labute approximate surface area is 169 Å². The molecule has 2 amide bonds. The summed E-state index contributed by atoms with van der Waals surface area (Å²) in [5, 5.41) is 3.76. The number of amides is 2. The number of alkyl carbamates (subject to hydrolysis) is 1. The van der Waals surface area contributed by atoms with Crippen LogP contribution in [-0.4, -0.2) is 51.6 Å². The predicted molar refractivity (Wildman–Crippen MR) is 111 cm³/mol. The molecule has 2 aromatic heterocycles. The van der Waals surface area contributed by atoms with E-state index in [1.807, 2.05) is 63.4 Å². The molecule has 0 saturated carbocycles. The van der Waals surface area contributed by atoms with Crippen LogP contribution in [0.15, 0.2) is 48.8 Å². The molecule has 0 unspecified atom stereocenters. The van der Waals surface area contributed by atoms with Crippen molar-refractivity contribution in [3.05, 3.63) is 54.5 Å². The van der Waals surface area contributed by atoms with Crippen LogP contribution in [0.5, 0.6) is 0 Å². The molecule has 0 spiro atoms.